The molecule has 0 bridgehead atoms. The van der Waals surface area contributed by atoms with Crippen LogP contribution >= 0.6 is 34.9 Å². The number of likely N-dealkylation sites (N-methyl/N-ethyl adjacent to an activating group) is 1. The van der Waals surface area contributed by atoms with Crippen LogP contribution in [0.5, 0.6) is 0 Å². The first-order chi connectivity index (χ1) is 8.13. The molecular formula is C10H19N3OS3. The van der Waals surface area contributed by atoms with Gasteiger partial charge < -0.3 is 10.4 Å². The number of nitrogens with zero attached hydrogens (tertiary/aromatic N) is 2. The van der Waals surface area contributed by atoms with Crippen LogP contribution in [0.25, 0.3) is 0 Å². The van der Waals surface area contributed by atoms with E-state index in [9.17, 15) is 5.11 Å². The van der Waals surface area contributed by atoms with Crippen molar-refractivity contribution < 1.29 is 5.11 Å². The van der Waals surface area contributed by atoms with Crippen LogP contribution in [-0.4, -0.2) is 46.5 Å². The predicted molar refractivity (Wildman–Crippen MR) is 76.2 cm³/mol. The van der Waals surface area contributed by atoms with E-state index < -0.39 is 0 Å². The van der Waals surface area contributed by atoms with Crippen molar-refractivity contribution in [3.63, 3.8) is 0 Å². The summed E-state index contributed by atoms with van der Waals surface area (Å²) in [6.45, 7) is 2.21. The van der Waals surface area contributed by atoms with E-state index in [1.807, 2.05) is 20.2 Å². The maximum Gasteiger partial charge on any atom is 0.175 e. The van der Waals surface area contributed by atoms with E-state index >= 15 is 0 Å². The van der Waals surface area contributed by atoms with Crippen molar-refractivity contribution >= 4 is 34.9 Å². The molecule has 0 aliphatic carbocycles. The van der Waals surface area contributed by atoms with Crippen LogP contribution in [0.3, 0.4) is 0 Å². The van der Waals surface area contributed by atoms with Gasteiger partial charge in [0.2, 0.25) is 0 Å². The fourth-order valence-electron chi connectivity index (χ4n) is 1.24. The molecule has 0 saturated carbocycles. The topological polar surface area (TPSA) is 58.0 Å². The Balaban J connectivity index is 2.24. The van der Waals surface area contributed by atoms with E-state index in [0.717, 1.165) is 27.3 Å². The lowest BCUT2D eigenvalue weighted by Gasteiger charge is -2.26. The Morgan fingerprint density at radius 1 is 1.41 bits per heavy atom. The van der Waals surface area contributed by atoms with Crippen molar-refractivity contribution in [1.82, 2.24) is 15.5 Å². The zero-order valence-electron chi connectivity index (χ0n) is 10.4. The Hall–Kier alpha value is 0.180. The molecule has 1 unspecified atom stereocenters. The Kier molecular flexibility index (Phi) is 6.79. The number of rotatable bonds is 8. The number of hydrogen-bond acceptors (Lipinski definition) is 7. The third kappa shape index (κ3) is 5.13. The molecule has 7 heteroatoms. The Morgan fingerprint density at radius 2 is 2.12 bits per heavy atom. The number of nitrogens with one attached hydrogen (secondary N) is 1. The average molecular weight is 293 g/mol. The van der Waals surface area contributed by atoms with Gasteiger partial charge in [0, 0.05) is 11.3 Å². The molecule has 1 heterocycles. The summed E-state index contributed by atoms with van der Waals surface area (Å²) < 4.78 is 2.05. The molecule has 0 aliphatic rings. The molecule has 0 radical (unpaired) electrons. The molecule has 1 rings (SSSR count). The summed E-state index contributed by atoms with van der Waals surface area (Å²) >= 11 is 5.01. The van der Waals surface area contributed by atoms with E-state index in [2.05, 4.69) is 15.5 Å². The van der Waals surface area contributed by atoms with Crippen molar-refractivity contribution in [1.29, 1.82) is 0 Å². The maximum absolute atomic E-state index is 9.24. The highest BCUT2D eigenvalue weighted by atomic mass is 32.2. The normalized spacial score (nSPS) is 14.8. The van der Waals surface area contributed by atoms with Crippen molar-refractivity contribution in [2.24, 2.45) is 0 Å². The molecule has 98 valence electrons. The molecule has 0 aliphatic heterocycles. The second kappa shape index (κ2) is 7.58. The first-order valence-corrected chi connectivity index (χ1v) is 8.46. The van der Waals surface area contributed by atoms with Gasteiger partial charge in [-0.15, -0.1) is 10.2 Å². The Morgan fingerprint density at radius 3 is 2.65 bits per heavy atom. The summed E-state index contributed by atoms with van der Waals surface area (Å²) in [7, 11) is 1.89. The van der Waals surface area contributed by atoms with Crippen molar-refractivity contribution in [2.45, 2.75) is 34.0 Å². The quantitative estimate of drug-likeness (QED) is 0.565. The highest BCUT2D eigenvalue weighted by molar-refractivity contribution is 8.02. The van der Waals surface area contributed by atoms with Crippen LogP contribution in [0.2, 0.25) is 0 Å². The van der Waals surface area contributed by atoms with Gasteiger partial charge >= 0.3 is 0 Å². The molecule has 0 aromatic carbocycles. The monoisotopic (exact) mass is 293 g/mol. The van der Waals surface area contributed by atoms with E-state index in [0.29, 0.717) is 0 Å². The molecule has 17 heavy (non-hydrogen) atoms. The molecule has 1 aromatic heterocycles. The first kappa shape index (κ1) is 15.2. The summed E-state index contributed by atoms with van der Waals surface area (Å²) in [6, 6.07) is 0. The minimum absolute atomic E-state index is 0.161. The van der Waals surface area contributed by atoms with Gasteiger partial charge in [-0.1, -0.05) is 34.9 Å². The zero-order chi connectivity index (χ0) is 12.7. The van der Waals surface area contributed by atoms with Crippen LogP contribution < -0.4 is 5.32 Å². The number of aliphatic hydroxyl groups is 1. The summed E-state index contributed by atoms with van der Waals surface area (Å²) in [5.41, 5.74) is -0.161. The van der Waals surface area contributed by atoms with Gasteiger partial charge in [-0.05, 0) is 33.1 Å². The van der Waals surface area contributed by atoms with E-state index in [4.69, 9.17) is 0 Å². The largest absolute Gasteiger partial charge is 0.394 e. The van der Waals surface area contributed by atoms with E-state index in [-0.39, 0.29) is 12.1 Å². The van der Waals surface area contributed by atoms with Gasteiger partial charge in [0.15, 0.2) is 8.68 Å². The third-order valence-electron chi connectivity index (χ3n) is 2.61. The van der Waals surface area contributed by atoms with Crippen LogP contribution in [0, 0.1) is 0 Å². The lowest BCUT2D eigenvalue weighted by atomic mass is 9.98. The number of aromatic nitrogens is 2. The summed E-state index contributed by atoms with van der Waals surface area (Å²) in [5, 5.41) is 20.6. The van der Waals surface area contributed by atoms with Crippen molar-refractivity contribution in [3.05, 3.63) is 0 Å². The molecule has 0 spiro atoms. The second-order valence-corrected chi connectivity index (χ2v) is 7.33. The molecule has 0 saturated heterocycles. The minimum Gasteiger partial charge on any atom is -0.394 e. The van der Waals surface area contributed by atoms with Crippen LogP contribution in [0.15, 0.2) is 8.68 Å². The molecular weight excluding hydrogens is 274 g/mol. The molecule has 1 aromatic rings. The third-order valence-corrected chi connectivity index (χ3v) is 5.73. The molecule has 1 atom stereocenters. The Labute approximate surface area is 115 Å². The molecule has 4 nitrogen and oxygen atoms in total. The number of thioether (sulfide) groups is 2. The van der Waals surface area contributed by atoms with Crippen LogP contribution in [0.1, 0.15) is 19.8 Å². The Bertz CT molecular complexity index is 328. The SMILES string of the molecule is CNC(C)(CO)CCCSc1nnc(SC)s1. The fourth-order valence-corrected chi connectivity index (χ4v) is 3.69. The smallest absolute Gasteiger partial charge is 0.175 e. The standard InChI is InChI=1S/C10H19N3OS3/c1-10(7-14,11-2)5-4-6-16-9-13-12-8(15-3)17-9/h11,14H,4-7H2,1-3H3. The van der Waals surface area contributed by atoms with E-state index in [1.165, 1.54) is 0 Å². The van der Waals surface area contributed by atoms with Gasteiger partial charge in [-0.2, -0.15) is 0 Å². The average Bonchev–Trinajstić information content (AvgIpc) is 2.82. The van der Waals surface area contributed by atoms with Gasteiger partial charge in [-0.25, -0.2) is 0 Å². The second-order valence-electron chi connectivity index (χ2n) is 3.96. The number of aliphatic hydroxyl groups excluding tert-OH is 1. The van der Waals surface area contributed by atoms with Gasteiger partial charge in [0.1, 0.15) is 0 Å². The van der Waals surface area contributed by atoms with Gasteiger partial charge in [0.25, 0.3) is 0 Å². The first-order valence-electron chi connectivity index (χ1n) is 5.43. The van der Waals surface area contributed by atoms with Crippen molar-refractivity contribution in [2.75, 3.05) is 25.7 Å². The van der Waals surface area contributed by atoms with Crippen molar-refractivity contribution in [3.8, 4) is 0 Å². The summed E-state index contributed by atoms with van der Waals surface area (Å²) in [4.78, 5) is 0. The molecule has 0 fully saturated rings. The highest BCUT2D eigenvalue weighted by Gasteiger charge is 2.19. The fraction of sp³-hybridized carbons (Fsp3) is 0.800. The maximum atomic E-state index is 9.24. The lowest BCUT2D eigenvalue weighted by Crippen LogP contribution is -2.43. The van der Waals surface area contributed by atoms with Gasteiger partial charge in [0.05, 0.1) is 6.61 Å². The predicted octanol–water partition coefficient (Wildman–Crippen LogP) is 2.10. The van der Waals surface area contributed by atoms with Crippen LogP contribution in [-0.2, 0) is 0 Å². The van der Waals surface area contributed by atoms with Gasteiger partial charge in [-0.3, -0.25) is 0 Å². The van der Waals surface area contributed by atoms with E-state index in [1.54, 1.807) is 34.9 Å². The summed E-state index contributed by atoms with van der Waals surface area (Å²) in [5.74, 6) is 1.01. The molecule has 0 amide bonds. The summed E-state index contributed by atoms with van der Waals surface area (Å²) in [6.07, 6.45) is 4.02. The lowest BCUT2D eigenvalue weighted by molar-refractivity contribution is 0.173. The zero-order valence-corrected chi connectivity index (χ0v) is 12.8. The number of hydrogen-bond donors (Lipinski definition) is 2. The molecule has 2 N–H and O–H groups in total. The highest BCUT2D eigenvalue weighted by Crippen LogP contribution is 2.28. The van der Waals surface area contributed by atoms with Crippen LogP contribution in [0.4, 0.5) is 0 Å². The minimum atomic E-state index is -0.161.